The zero-order chi connectivity index (χ0) is 10.4. The van der Waals surface area contributed by atoms with Crippen LogP contribution in [0.3, 0.4) is 0 Å². The van der Waals surface area contributed by atoms with E-state index in [2.05, 4.69) is 12.2 Å². The van der Waals surface area contributed by atoms with Crippen molar-refractivity contribution >= 4 is 11.8 Å². The average Bonchev–Trinajstić information content (AvgIpc) is 2.19. The highest BCUT2D eigenvalue weighted by atomic mass is 32.2. The van der Waals surface area contributed by atoms with Gasteiger partial charge in [0, 0.05) is 11.3 Å². The summed E-state index contributed by atoms with van der Waals surface area (Å²) in [4.78, 5) is 0. The van der Waals surface area contributed by atoms with E-state index in [0.717, 1.165) is 6.04 Å². The van der Waals surface area contributed by atoms with Gasteiger partial charge in [0.1, 0.15) is 0 Å². The molecule has 1 aliphatic rings. The molecular weight excluding hydrogens is 194 g/mol. The molecule has 3 heteroatoms. The molecule has 0 amide bonds. The van der Waals surface area contributed by atoms with Gasteiger partial charge < -0.3 is 10.4 Å². The third-order valence-electron chi connectivity index (χ3n) is 2.94. The Balaban J connectivity index is 2.02. The predicted molar refractivity (Wildman–Crippen MR) is 63.9 cm³/mol. The number of piperidine rings is 1. The van der Waals surface area contributed by atoms with Crippen LogP contribution in [0.25, 0.3) is 0 Å². The van der Waals surface area contributed by atoms with Gasteiger partial charge in [0.2, 0.25) is 0 Å². The van der Waals surface area contributed by atoms with Crippen LogP contribution in [-0.4, -0.2) is 34.8 Å². The summed E-state index contributed by atoms with van der Waals surface area (Å²) in [7, 11) is 0. The third-order valence-corrected chi connectivity index (χ3v) is 4.33. The van der Waals surface area contributed by atoms with Crippen molar-refractivity contribution in [2.75, 3.05) is 12.3 Å². The summed E-state index contributed by atoms with van der Waals surface area (Å²) in [6.07, 6.45) is 5.13. The van der Waals surface area contributed by atoms with E-state index in [1.807, 2.05) is 18.7 Å². The first-order valence-electron chi connectivity index (χ1n) is 5.73. The highest BCUT2D eigenvalue weighted by Gasteiger charge is 2.14. The molecule has 0 radical (unpaired) electrons. The quantitative estimate of drug-likeness (QED) is 0.739. The Hall–Kier alpha value is 0.270. The zero-order valence-corrected chi connectivity index (χ0v) is 10.1. The average molecular weight is 217 g/mol. The Labute approximate surface area is 91.9 Å². The molecule has 0 spiro atoms. The number of aliphatic hydroxyl groups is 1. The highest BCUT2D eigenvalue weighted by Crippen LogP contribution is 2.18. The highest BCUT2D eigenvalue weighted by molar-refractivity contribution is 7.99. The molecule has 0 aromatic rings. The molecule has 2 N–H and O–H groups in total. The standard InChI is InChI=1S/C11H23NOS/c1-9(13)10(2)14-8-6-11-5-3-4-7-12-11/h9-13H,3-8H2,1-2H3. The lowest BCUT2D eigenvalue weighted by Gasteiger charge is -2.24. The number of nitrogens with one attached hydrogen (secondary N) is 1. The fraction of sp³-hybridized carbons (Fsp3) is 1.00. The predicted octanol–water partition coefficient (Wildman–Crippen LogP) is 2.02. The minimum Gasteiger partial charge on any atom is -0.392 e. The van der Waals surface area contributed by atoms with Crippen molar-refractivity contribution in [1.82, 2.24) is 5.32 Å². The van der Waals surface area contributed by atoms with E-state index in [1.54, 1.807) is 0 Å². The summed E-state index contributed by atoms with van der Waals surface area (Å²) >= 11 is 1.89. The van der Waals surface area contributed by atoms with Crippen molar-refractivity contribution in [3.63, 3.8) is 0 Å². The maximum Gasteiger partial charge on any atom is 0.0627 e. The summed E-state index contributed by atoms with van der Waals surface area (Å²) in [5.74, 6) is 1.17. The zero-order valence-electron chi connectivity index (χ0n) is 9.33. The Morgan fingerprint density at radius 1 is 1.43 bits per heavy atom. The van der Waals surface area contributed by atoms with Crippen molar-refractivity contribution in [2.45, 2.75) is 56.9 Å². The van der Waals surface area contributed by atoms with E-state index in [1.165, 1.54) is 38.0 Å². The van der Waals surface area contributed by atoms with Gasteiger partial charge in [0.05, 0.1) is 6.10 Å². The topological polar surface area (TPSA) is 32.3 Å². The van der Waals surface area contributed by atoms with E-state index < -0.39 is 0 Å². The monoisotopic (exact) mass is 217 g/mol. The Morgan fingerprint density at radius 2 is 2.21 bits per heavy atom. The molecule has 1 fully saturated rings. The molecule has 0 saturated carbocycles. The van der Waals surface area contributed by atoms with E-state index in [4.69, 9.17) is 0 Å². The molecular formula is C11H23NOS. The van der Waals surface area contributed by atoms with Gasteiger partial charge in [-0.2, -0.15) is 11.8 Å². The second-order valence-electron chi connectivity index (χ2n) is 4.25. The Kier molecular flexibility index (Phi) is 5.90. The number of rotatable bonds is 5. The van der Waals surface area contributed by atoms with Crippen molar-refractivity contribution in [2.24, 2.45) is 0 Å². The minimum absolute atomic E-state index is 0.181. The molecule has 1 saturated heterocycles. The van der Waals surface area contributed by atoms with Crippen LogP contribution in [-0.2, 0) is 0 Å². The van der Waals surface area contributed by atoms with Crippen molar-refractivity contribution in [3.05, 3.63) is 0 Å². The first kappa shape index (κ1) is 12.3. The lowest BCUT2D eigenvalue weighted by Crippen LogP contribution is -2.34. The summed E-state index contributed by atoms with van der Waals surface area (Å²) in [5, 5.41) is 13.2. The number of hydrogen-bond acceptors (Lipinski definition) is 3. The molecule has 84 valence electrons. The summed E-state index contributed by atoms with van der Waals surface area (Å²) < 4.78 is 0. The van der Waals surface area contributed by atoms with Crippen LogP contribution in [0.5, 0.6) is 0 Å². The second kappa shape index (κ2) is 6.70. The molecule has 2 nitrogen and oxygen atoms in total. The van der Waals surface area contributed by atoms with Crippen LogP contribution in [0, 0.1) is 0 Å². The molecule has 0 aromatic carbocycles. The van der Waals surface area contributed by atoms with Gasteiger partial charge in [-0.3, -0.25) is 0 Å². The normalized spacial score (nSPS) is 27.2. The lowest BCUT2D eigenvalue weighted by atomic mass is 10.0. The molecule has 3 atom stereocenters. The lowest BCUT2D eigenvalue weighted by molar-refractivity contribution is 0.196. The first-order chi connectivity index (χ1) is 6.70. The summed E-state index contributed by atoms with van der Waals surface area (Å²) in [6, 6.07) is 0.734. The van der Waals surface area contributed by atoms with Crippen LogP contribution < -0.4 is 5.32 Å². The SMILES string of the molecule is CC(O)C(C)SCCC1CCCCN1. The van der Waals surface area contributed by atoms with Gasteiger partial charge in [0.25, 0.3) is 0 Å². The van der Waals surface area contributed by atoms with Crippen LogP contribution in [0.2, 0.25) is 0 Å². The smallest absolute Gasteiger partial charge is 0.0627 e. The molecule has 0 aliphatic carbocycles. The van der Waals surface area contributed by atoms with Gasteiger partial charge in [-0.15, -0.1) is 0 Å². The molecule has 1 heterocycles. The minimum atomic E-state index is -0.181. The van der Waals surface area contributed by atoms with E-state index in [-0.39, 0.29) is 6.10 Å². The third kappa shape index (κ3) is 4.67. The van der Waals surface area contributed by atoms with Crippen molar-refractivity contribution in [3.8, 4) is 0 Å². The molecule has 0 aromatic heterocycles. The van der Waals surface area contributed by atoms with Crippen molar-refractivity contribution < 1.29 is 5.11 Å². The number of hydrogen-bond donors (Lipinski definition) is 2. The van der Waals surface area contributed by atoms with Crippen LogP contribution in [0.4, 0.5) is 0 Å². The second-order valence-corrected chi connectivity index (χ2v) is 5.74. The fourth-order valence-corrected chi connectivity index (χ4v) is 2.78. The summed E-state index contributed by atoms with van der Waals surface area (Å²) in [6.45, 7) is 5.17. The largest absolute Gasteiger partial charge is 0.392 e. The van der Waals surface area contributed by atoms with Gasteiger partial charge in [-0.1, -0.05) is 13.3 Å². The number of aliphatic hydroxyl groups excluding tert-OH is 1. The van der Waals surface area contributed by atoms with Crippen molar-refractivity contribution in [1.29, 1.82) is 0 Å². The molecule has 0 bridgehead atoms. The van der Waals surface area contributed by atoms with E-state index in [0.29, 0.717) is 5.25 Å². The van der Waals surface area contributed by atoms with Crippen LogP contribution in [0.1, 0.15) is 39.5 Å². The van der Waals surface area contributed by atoms with Gasteiger partial charge in [-0.05, 0) is 38.5 Å². The molecule has 3 unspecified atom stereocenters. The van der Waals surface area contributed by atoms with Gasteiger partial charge in [0.15, 0.2) is 0 Å². The number of thioether (sulfide) groups is 1. The van der Waals surface area contributed by atoms with Crippen LogP contribution in [0.15, 0.2) is 0 Å². The van der Waals surface area contributed by atoms with Gasteiger partial charge >= 0.3 is 0 Å². The molecule has 1 aliphatic heterocycles. The Morgan fingerprint density at radius 3 is 2.79 bits per heavy atom. The van der Waals surface area contributed by atoms with Gasteiger partial charge in [-0.25, -0.2) is 0 Å². The fourth-order valence-electron chi connectivity index (χ4n) is 1.71. The molecule has 14 heavy (non-hydrogen) atoms. The maximum absolute atomic E-state index is 9.32. The Bertz CT molecular complexity index is 146. The summed E-state index contributed by atoms with van der Waals surface area (Å²) in [5.41, 5.74) is 0. The molecule has 1 rings (SSSR count). The first-order valence-corrected chi connectivity index (χ1v) is 6.78. The maximum atomic E-state index is 9.32. The van der Waals surface area contributed by atoms with E-state index >= 15 is 0 Å². The van der Waals surface area contributed by atoms with E-state index in [9.17, 15) is 5.11 Å². The van der Waals surface area contributed by atoms with Crippen LogP contribution >= 0.6 is 11.8 Å².